The number of hydrogen-bond acceptors (Lipinski definition) is 3. The zero-order chi connectivity index (χ0) is 14.8. The number of rotatable bonds is 4. The summed E-state index contributed by atoms with van der Waals surface area (Å²) in [5.41, 5.74) is 3.74. The first kappa shape index (κ1) is 14.4. The molecule has 1 N–H and O–H groups in total. The number of aryl methyl sites for hydroxylation is 1. The number of fused-ring (bicyclic) bond motifs is 1. The maximum atomic E-state index is 6.22. The lowest BCUT2D eigenvalue weighted by Gasteiger charge is -2.08. The summed E-state index contributed by atoms with van der Waals surface area (Å²) in [7, 11) is 0. The van der Waals surface area contributed by atoms with Crippen LogP contribution in [0.2, 0.25) is 5.02 Å². The van der Waals surface area contributed by atoms with E-state index in [1.807, 2.05) is 43.3 Å². The van der Waals surface area contributed by atoms with E-state index >= 15 is 0 Å². The van der Waals surface area contributed by atoms with E-state index in [4.69, 9.17) is 16.0 Å². The smallest absolute Gasteiger partial charge is 0.195 e. The molecule has 3 rings (SSSR count). The van der Waals surface area contributed by atoms with Gasteiger partial charge >= 0.3 is 0 Å². The lowest BCUT2D eigenvalue weighted by molar-refractivity contribution is 0.538. The van der Waals surface area contributed by atoms with Gasteiger partial charge in [-0.1, -0.05) is 40.5 Å². The second-order valence-corrected chi connectivity index (χ2v) is 6.06. The van der Waals surface area contributed by atoms with Crippen molar-refractivity contribution in [1.29, 1.82) is 0 Å². The number of aromatic nitrogens is 1. The van der Waals surface area contributed by atoms with Gasteiger partial charge < -0.3 is 9.73 Å². The molecule has 0 aliphatic carbocycles. The summed E-state index contributed by atoms with van der Waals surface area (Å²) in [6.07, 6.45) is 0.798. The Balaban J connectivity index is 1.78. The summed E-state index contributed by atoms with van der Waals surface area (Å²) in [5, 5.41) is 4.10. The van der Waals surface area contributed by atoms with E-state index in [1.54, 1.807) is 0 Å². The summed E-state index contributed by atoms with van der Waals surface area (Å²) in [6, 6.07) is 11.8. The standard InChI is InChI=1S/C16H14BrClN2O/c1-2-16-20-14-8-12(5-6-15(14)21-16)19-9-10-3-4-11(17)7-13(10)18/h3-8,19H,2,9H2,1H3. The average molecular weight is 366 g/mol. The van der Waals surface area contributed by atoms with E-state index in [2.05, 4.69) is 26.2 Å². The minimum Gasteiger partial charge on any atom is -0.441 e. The molecule has 0 unspecified atom stereocenters. The van der Waals surface area contributed by atoms with Crippen LogP contribution in [0.5, 0.6) is 0 Å². The molecule has 0 aliphatic rings. The molecule has 1 aromatic heterocycles. The molecule has 0 saturated heterocycles. The molecule has 108 valence electrons. The van der Waals surface area contributed by atoms with Crippen molar-refractivity contribution in [1.82, 2.24) is 4.98 Å². The molecule has 0 spiro atoms. The third-order valence-corrected chi connectivity index (χ3v) is 4.08. The molecule has 0 radical (unpaired) electrons. The Labute approximate surface area is 136 Å². The highest BCUT2D eigenvalue weighted by molar-refractivity contribution is 9.10. The van der Waals surface area contributed by atoms with Crippen molar-refractivity contribution in [3.05, 3.63) is 57.3 Å². The Kier molecular flexibility index (Phi) is 4.17. The molecule has 0 fully saturated rings. The molecule has 0 atom stereocenters. The van der Waals surface area contributed by atoms with Crippen LogP contribution in [0.1, 0.15) is 18.4 Å². The number of nitrogens with zero attached hydrogens (tertiary/aromatic N) is 1. The predicted octanol–water partition coefficient (Wildman–Crippen LogP) is 5.42. The van der Waals surface area contributed by atoms with Crippen molar-refractivity contribution in [3.63, 3.8) is 0 Å². The number of oxazole rings is 1. The second-order valence-electron chi connectivity index (χ2n) is 4.73. The topological polar surface area (TPSA) is 38.1 Å². The average Bonchev–Trinajstić information content (AvgIpc) is 2.88. The quantitative estimate of drug-likeness (QED) is 0.671. The molecule has 21 heavy (non-hydrogen) atoms. The van der Waals surface area contributed by atoms with Crippen LogP contribution in [0.25, 0.3) is 11.1 Å². The van der Waals surface area contributed by atoms with E-state index in [-0.39, 0.29) is 0 Å². The van der Waals surface area contributed by atoms with E-state index in [0.717, 1.165) is 44.2 Å². The predicted molar refractivity (Wildman–Crippen MR) is 89.9 cm³/mol. The highest BCUT2D eigenvalue weighted by atomic mass is 79.9. The van der Waals surface area contributed by atoms with Gasteiger partial charge in [0.25, 0.3) is 0 Å². The molecule has 0 saturated carbocycles. The number of hydrogen-bond donors (Lipinski definition) is 1. The summed E-state index contributed by atoms with van der Waals surface area (Å²) in [5.74, 6) is 0.762. The van der Waals surface area contributed by atoms with Crippen LogP contribution in [0.15, 0.2) is 45.3 Å². The molecule has 3 nitrogen and oxygen atoms in total. The third kappa shape index (κ3) is 3.22. The summed E-state index contributed by atoms with van der Waals surface area (Å²) in [4.78, 5) is 4.44. The van der Waals surface area contributed by atoms with Crippen LogP contribution < -0.4 is 5.32 Å². The van der Waals surface area contributed by atoms with Crippen LogP contribution in [-0.2, 0) is 13.0 Å². The summed E-state index contributed by atoms with van der Waals surface area (Å²) in [6.45, 7) is 2.69. The number of benzene rings is 2. The maximum Gasteiger partial charge on any atom is 0.195 e. The zero-order valence-corrected chi connectivity index (χ0v) is 13.8. The van der Waals surface area contributed by atoms with Gasteiger partial charge in [-0.3, -0.25) is 0 Å². The Bertz CT molecular complexity index is 785. The lowest BCUT2D eigenvalue weighted by Crippen LogP contribution is -1.99. The van der Waals surface area contributed by atoms with E-state index < -0.39 is 0 Å². The first-order chi connectivity index (χ1) is 10.2. The number of nitrogens with one attached hydrogen (secondary N) is 1. The van der Waals surface area contributed by atoms with Crippen LogP contribution in [0, 0.1) is 0 Å². The van der Waals surface area contributed by atoms with E-state index in [9.17, 15) is 0 Å². The second kappa shape index (κ2) is 6.08. The number of anilines is 1. The van der Waals surface area contributed by atoms with Crippen molar-refractivity contribution in [3.8, 4) is 0 Å². The van der Waals surface area contributed by atoms with Gasteiger partial charge in [0.05, 0.1) is 0 Å². The minimum absolute atomic E-state index is 0.663. The van der Waals surface area contributed by atoms with Crippen molar-refractivity contribution >= 4 is 44.3 Å². The third-order valence-electron chi connectivity index (χ3n) is 3.23. The molecule has 3 aromatic rings. The van der Waals surface area contributed by atoms with Crippen LogP contribution in [0.4, 0.5) is 5.69 Å². The summed E-state index contributed by atoms with van der Waals surface area (Å²) < 4.78 is 6.58. The molecule has 0 bridgehead atoms. The minimum atomic E-state index is 0.663. The summed E-state index contributed by atoms with van der Waals surface area (Å²) >= 11 is 9.62. The van der Waals surface area contributed by atoms with Gasteiger partial charge in [0, 0.05) is 28.1 Å². The lowest BCUT2D eigenvalue weighted by atomic mass is 10.2. The van der Waals surface area contributed by atoms with E-state index in [0.29, 0.717) is 6.54 Å². The Hall–Kier alpha value is -1.52. The Morgan fingerprint density at radius 3 is 2.86 bits per heavy atom. The Morgan fingerprint density at radius 2 is 2.10 bits per heavy atom. The van der Waals surface area contributed by atoms with Gasteiger partial charge in [-0.2, -0.15) is 0 Å². The van der Waals surface area contributed by atoms with Gasteiger partial charge in [-0.25, -0.2) is 4.98 Å². The molecule has 2 aromatic carbocycles. The van der Waals surface area contributed by atoms with E-state index in [1.165, 1.54) is 0 Å². The zero-order valence-electron chi connectivity index (χ0n) is 11.5. The van der Waals surface area contributed by atoms with Crippen LogP contribution in [0.3, 0.4) is 0 Å². The van der Waals surface area contributed by atoms with Crippen LogP contribution in [-0.4, -0.2) is 4.98 Å². The van der Waals surface area contributed by atoms with Crippen LogP contribution >= 0.6 is 27.5 Å². The first-order valence-electron chi connectivity index (χ1n) is 6.73. The maximum absolute atomic E-state index is 6.22. The molecule has 0 amide bonds. The molecule has 1 heterocycles. The van der Waals surface area contributed by atoms with Crippen molar-refractivity contribution in [2.45, 2.75) is 19.9 Å². The van der Waals surface area contributed by atoms with Crippen molar-refractivity contribution in [2.24, 2.45) is 0 Å². The van der Waals surface area contributed by atoms with Gasteiger partial charge in [0.1, 0.15) is 5.52 Å². The fraction of sp³-hybridized carbons (Fsp3) is 0.188. The SMILES string of the molecule is CCc1nc2cc(NCc3ccc(Br)cc3Cl)ccc2o1. The van der Waals surface area contributed by atoms with Gasteiger partial charge in [-0.15, -0.1) is 0 Å². The molecule has 0 aliphatic heterocycles. The largest absolute Gasteiger partial charge is 0.441 e. The van der Waals surface area contributed by atoms with Crippen molar-refractivity contribution in [2.75, 3.05) is 5.32 Å². The fourth-order valence-corrected chi connectivity index (χ4v) is 2.84. The number of halogens is 2. The highest BCUT2D eigenvalue weighted by Gasteiger charge is 2.06. The van der Waals surface area contributed by atoms with Gasteiger partial charge in [0.15, 0.2) is 11.5 Å². The Morgan fingerprint density at radius 1 is 1.24 bits per heavy atom. The molecule has 5 heteroatoms. The van der Waals surface area contributed by atoms with Gasteiger partial charge in [0.2, 0.25) is 0 Å². The monoisotopic (exact) mass is 364 g/mol. The highest BCUT2D eigenvalue weighted by Crippen LogP contribution is 2.24. The first-order valence-corrected chi connectivity index (χ1v) is 7.90. The fourth-order valence-electron chi connectivity index (χ4n) is 2.10. The molecular weight excluding hydrogens is 352 g/mol. The normalized spacial score (nSPS) is 11.0. The van der Waals surface area contributed by atoms with Crippen molar-refractivity contribution < 1.29 is 4.42 Å². The van der Waals surface area contributed by atoms with Gasteiger partial charge in [-0.05, 0) is 35.9 Å². The molecular formula is C16H14BrClN2O.